The molecule has 1 rings (SSSR count). The Bertz CT molecular complexity index is 753. The van der Waals surface area contributed by atoms with Crippen molar-refractivity contribution in [3.8, 4) is 0 Å². The zero-order chi connectivity index (χ0) is 22.7. The smallest absolute Gasteiger partial charge is 0.274 e. The van der Waals surface area contributed by atoms with Crippen molar-refractivity contribution in [3.63, 3.8) is 0 Å². The average molecular weight is 422 g/mol. The molecule has 0 bridgehead atoms. The van der Waals surface area contributed by atoms with Crippen molar-refractivity contribution in [3.05, 3.63) is 35.4 Å². The Morgan fingerprint density at radius 3 is 2.20 bits per heavy atom. The standard InChI is InChI=1S/C20H30N4O6/c1-6-8-16(20(28)21-4)30-23-19(27)15-10-7-9-14(11-15)18(26)22-29-12-17(25)24(5)13(2)3/h7,9-11,13,16H,6,8,12H2,1-5H3,(H,21,28)(H,22,26)(H,23,27). The number of nitrogens with one attached hydrogen (secondary N) is 3. The van der Waals surface area contributed by atoms with Crippen LogP contribution in [-0.4, -0.2) is 61.4 Å². The summed E-state index contributed by atoms with van der Waals surface area (Å²) >= 11 is 0. The summed E-state index contributed by atoms with van der Waals surface area (Å²) in [6.45, 7) is 5.29. The largest absolute Gasteiger partial charge is 0.357 e. The van der Waals surface area contributed by atoms with E-state index in [9.17, 15) is 19.2 Å². The van der Waals surface area contributed by atoms with Crippen LogP contribution in [0.5, 0.6) is 0 Å². The van der Waals surface area contributed by atoms with Gasteiger partial charge in [-0.15, -0.1) is 0 Å². The Hall–Kier alpha value is -2.98. The molecule has 0 radical (unpaired) electrons. The highest BCUT2D eigenvalue weighted by Crippen LogP contribution is 2.07. The number of nitrogens with zero attached hydrogens (tertiary/aromatic N) is 1. The highest BCUT2D eigenvalue weighted by Gasteiger charge is 2.19. The molecule has 10 heteroatoms. The number of hydroxylamine groups is 2. The Kier molecular flexibility index (Phi) is 10.5. The van der Waals surface area contributed by atoms with E-state index in [2.05, 4.69) is 16.3 Å². The molecule has 0 aromatic heterocycles. The maximum atomic E-state index is 12.3. The van der Waals surface area contributed by atoms with E-state index in [1.807, 2.05) is 20.8 Å². The number of rotatable bonds is 11. The molecule has 0 aliphatic carbocycles. The Morgan fingerprint density at radius 2 is 1.67 bits per heavy atom. The van der Waals surface area contributed by atoms with Gasteiger partial charge in [-0.2, -0.15) is 0 Å². The van der Waals surface area contributed by atoms with Gasteiger partial charge in [0.25, 0.3) is 23.6 Å². The Morgan fingerprint density at radius 1 is 1.07 bits per heavy atom. The van der Waals surface area contributed by atoms with Gasteiger partial charge in [0, 0.05) is 31.3 Å². The fraction of sp³-hybridized carbons (Fsp3) is 0.500. The van der Waals surface area contributed by atoms with Crippen molar-refractivity contribution in [1.29, 1.82) is 0 Å². The lowest BCUT2D eigenvalue weighted by molar-refractivity contribution is -0.138. The molecule has 0 saturated heterocycles. The van der Waals surface area contributed by atoms with Crippen molar-refractivity contribution in [2.75, 3.05) is 20.7 Å². The lowest BCUT2D eigenvalue weighted by Crippen LogP contribution is -2.39. The van der Waals surface area contributed by atoms with Gasteiger partial charge in [0.1, 0.15) is 0 Å². The summed E-state index contributed by atoms with van der Waals surface area (Å²) in [4.78, 5) is 59.8. The topological polar surface area (TPSA) is 126 Å². The number of hydrogen-bond acceptors (Lipinski definition) is 6. The van der Waals surface area contributed by atoms with E-state index < -0.39 is 17.9 Å². The fourth-order valence-corrected chi connectivity index (χ4v) is 2.26. The van der Waals surface area contributed by atoms with Gasteiger partial charge in [-0.25, -0.2) is 11.0 Å². The summed E-state index contributed by atoms with van der Waals surface area (Å²) in [6.07, 6.45) is 0.314. The van der Waals surface area contributed by atoms with Crippen molar-refractivity contribution < 1.29 is 28.9 Å². The van der Waals surface area contributed by atoms with E-state index in [0.29, 0.717) is 12.8 Å². The monoisotopic (exact) mass is 422 g/mol. The molecule has 1 aromatic carbocycles. The van der Waals surface area contributed by atoms with E-state index in [4.69, 9.17) is 9.68 Å². The first-order valence-electron chi connectivity index (χ1n) is 9.66. The molecule has 0 aliphatic heterocycles. The minimum absolute atomic E-state index is 0.00883. The molecule has 166 valence electrons. The Balaban J connectivity index is 2.64. The van der Waals surface area contributed by atoms with Crippen molar-refractivity contribution in [2.45, 2.75) is 45.8 Å². The number of amides is 4. The first-order valence-corrected chi connectivity index (χ1v) is 9.66. The van der Waals surface area contributed by atoms with Crippen LogP contribution >= 0.6 is 0 Å². The highest BCUT2D eigenvalue weighted by atomic mass is 16.7. The van der Waals surface area contributed by atoms with Crippen LogP contribution in [0, 0.1) is 0 Å². The lowest BCUT2D eigenvalue weighted by Gasteiger charge is -2.21. The maximum absolute atomic E-state index is 12.3. The van der Waals surface area contributed by atoms with Gasteiger partial charge < -0.3 is 10.2 Å². The molecule has 3 N–H and O–H groups in total. The lowest BCUT2D eigenvalue weighted by atomic mass is 10.1. The second-order valence-electron chi connectivity index (χ2n) is 6.84. The van der Waals surface area contributed by atoms with Crippen LogP contribution in [0.4, 0.5) is 0 Å². The summed E-state index contributed by atoms with van der Waals surface area (Å²) in [6, 6.07) is 5.85. The number of carbonyl (C=O) groups excluding carboxylic acids is 4. The molecule has 1 atom stereocenters. The molecule has 30 heavy (non-hydrogen) atoms. The predicted octanol–water partition coefficient (Wildman–Crippen LogP) is 0.791. The zero-order valence-corrected chi connectivity index (χ0v) is 18.0. The predicted molar refractivity (Wildman–Crippen MR) is 109 cm³/mol. The molecule has 4 amide bonds. The SMILES string of the molecule is CCCC(ONC(=O)c1cccc(C(=O)NOCC(=O)N(C)C(C)C)c1)C(=O)NC. The maximum Gasteiger partial charge on any atom is 0.274 e. The first kappa shape index (κ1) is 25.1. The van der Waals surface area contributed by atoms with Crippen molar-refractivity contribution in [2.24, 2.45) is 0 Å². The van der Waals surface area contributed by atoms with E-state index in [1.165, 1.54) is 36.2 Å². The van der Waals surface area contributed by atoms with Crippen LogP contribution in [0.25, 0.3) is 0 Å². The number of hydrogen-bond donors (Lipinski definition) is 3. The van der Waals surface area contributed by atoms with Crippen molar-refractivity contribution >= 4 is 23.6 Å². The quantitative estimate of drug-likeness (QED) is 0.453. The molecule has 1 unspecified atom stereocenters. The van der Waals surface area contributed by atoms with Crippen LogP contribution in [0.3, 0.4) is 0 Å². The zero-order valence-electron chi connectivity index (χ0n) is 18.0. The molecule has 0 aliphatic rings. The van der Waals surface area contributed by atoms with Gasteiger partial charge >= 0.3 is 0 Å². The molecule has 0 spiro atoms. The minimum Gasteiger partial charge on any atom is -0.357 e. The summed E-state index contributed by atoms with van der Waals surface area (Å²) in [5.74, 6) is -1.85. The fourth-order valence-electron chi connectivity index (χ4n) is 2.26. The number of likely N-dealkylation sites (N-methyl/N-ethyl adjacent to an activating group) is 2. The van der Waals surface area contributed by atoms with Crippen molar-refractivity contribution in [1.82, 2.24) is 21.2 Å². The van der Waals surface area contributed by atoms with E-state index in [-0.39, 0.29) is 35.6 Å². The van der Waals surface area contributed by atoms with Gasteiger partial charge in [-0.05, 0) is 38.5 Å². The normalized spacial score (nSPS) is 11.5. The molecular weight excluding hydrogens is 392 g/mol. The Labute approximate surface area is 176 Å². The summed E-state index contributed by atoms with van der Waals surface area (Å²) in [5, 5.41) is 2.47. The third kappa shape index (κ3) is 7.80. The molecule has 0 saturated carbocycles. The second kappa shape index (κ2) is 12.6. The summed E-state index contributed by atoms with van der Waals surface area (Å²) in [7, 11) is 3.12. The van der Waals surface area contributed by atoms with Gasteiger partial charge in [-0.1, -0.05) is 19.4 Å². The summed E-state index contributed by atoms with van der Waals surface area (Å²) in [5.41, 5.74) is 4.72. The van der Waals surface area contributed by atoms with E-state index in [1.54, 1.807) is 7.05 Å². The molecule has 1 aromatic rings. The van der Waals surface area contributed by atoms with Gasteiger partial charge in [0.2, 0.25) is 0 Å². The number of carbonyl (C=O) groups is 4. The van der Waals surface area contributed by atoms with Crippen LogP contribution in [-0.2, 0) is 19.3 Å². The number of benzene rings is 1. The first-order chi connectivity index (χ1) is 14.2. The highest BCUT2D eigenvalue weighted by molar-refractivity contribution is 5.99. The second-order valence-corrected chi connectivity index (χ2v) is 6.84. The van der Waals surface area contributed by atoms with Gasteiger partial charge in [0.15, 0.2) is 12.7 Å². The van der Waals surface area contributed by atoms with Crippen LogP contribution in [0.2, 0.25) is 0 Å². The van der Waals surface area contributed by atoms with Gasteiger partial charge in [-0.3, -0.25) is 28.9 Å². The molecule has 0 fully saturated rings. The minimum atomic E-state index is -0.815. The summed E-state index contributed by atoms with van der Waals surface area (Å²) < 4.78 is 0. The molecular formula is C20H30N4O6. The molecule has 10 nitrogen and oxygen atoms in total. The van der Waals surface area contributed by atoms with Gasteiger partial charge in [0.05, 0.1) is 0 Å². The van der Waals surface area contributed by atoms with Crippen LogP contribution in [0.15, 0.2) is 24.3 Å². The van der Waals surface area contributed by atoms with Crippen LogP contribution in [0.1, 0.15) is 54.3 Å². The average Bonchev–Trinajstić information content (AvgIpc) is 2.74. The van der Waals surface area contributed by atoms with Crippen LogP contribution < -0.4 is 16.3 Å². The van der Waals surface area contributed by atoms with E-state index in [0.717, 1.165) is 0 Å². The third-order valence-electron chi connectivity index (χ3n) is 4.30. The van der Waals surface area contributed by atoms with E-state index >= 15 is 0 Å². The molecule has 0 heterocycles. The third-order valence-corrected chi connectivity index (χ3v) is 4.30.